The molecule has 1 N–H and O–H groups in total. The number of nitrogens with one attached hydrogen (secondary N) is 1. The highest BCUT2D eigenvalue weighted by Crippen LogP contribution is 2.41. The van der Waals surface area contributed by atoms with E-state index in [9.17, 15) is 0 Å². The van der Waals surface area contributed by atoms with Crippen LogP contribution in [0.15, 0.2) is 89.3 Å². The fourth-order valence-electron chi connectivity index (χ4n) is 7.25. The third kappa shape index (κ3) is 3.46. The van der Waals surface area contributed by atoms with Gasteiger partial charge in [0.2, 0.25) is 0 Å². The van der Waals surface area contributed by atoms with Crippen molar-refractivity contribution in [3.63, 3.8) is 0 Å². The second kappa shape index (κ2) is 9.56. The molecule has 0 aliphatic rings. The normalized spacial score (nSPS) is 12.1. The van der Waals surface area contributed by atoms with Crippen LogP contribution in [-0.2, 0) is 0 Å². The molecule has 3 nitrogen and oxygen atoms in total. The van der Waals surface area contributed by atoms with Crippen molar-refractivity contribution in [2.75, 3.05) is 0 Å². The first-order valence-electron chi connectivity index (χ1n) is 14.9. The van der Waals surface area contributed by atoms with E-state index in [1.54, 1.807) is 0 Å². The minimum absolute atomic E-state index is 0.174. The lowest BCUT2D eigenvalue weighted by atomic mass is 9.65. The number of fused-ring (bicyclic) bond motifs is 10. The van der Waals surface area contributed by atoms with E-state index in [0.717, 1.165) is 44.1 Å². The zero-order chi connectivity index (χ0) is 31.6. The topological polar surface area (TPSA) is 33.9 Å². The quantitative estimate of drug-likeness (QED) is 0.318. The van der Waals surface area contributed by atoms with Crippen molar-refractivity contribution in [3.05, 3.63) is 90.5 Å². The number of hydrogen-bond acceptors (Lipinski definition) is 1. The van der Waals surface area contributed by atoms with Gasteiger partial charge in [-0.25, -0.2) is 0 Å². The van der Waals surface area contributed by atoms with Crippen molar-refractivity contribution in [2.45, 2.75) is 6.92 Å². The molecule has 0 bridgehead atoms. The third-order valence-corrected chi connectivity index (χ3v) is 9.57. The molecule has 3 heterocycles. The van der Waals surface area contributed by atoms with Gasteiger partial charge in [0.15, 0.2) is 0 Å². The predicted molar refractivity (Wildman–Crippen MR) is 200 cm³/mol. The predicted octanol–water partition coefficient (Wildman–Crippen LogP) is 3.06. The minimum Gasteiger partial charge on any atom is -0.456 e. The van der Waals surface area contributed by atoms with Crippen LogP contribution in [0.1, 0.15) is 5.56 Å². The summed E-state index contributed by atoms with van der Waals surface area (Å²) in [6.07, 6.45) is 0. The monoisotopic (exact) mass is 572 g/mol. The van der Waals surface area contributed by atoms with Gasteiger partial charge in [0, 0.05) is 54.6 Å². The molecule has 0 saturated heterocycles. The fourth-order valence-corrected chi connectivity index (χ4v) is 7.25. The Hall–Kier alpha value is -4.89. The number of H-pyrrole nitrogens is 1. The largest absolute Gasteiger partial charge is 0.456 e. The first-order chi connectivity index (χ1) is 22.3. The van der Waals surface area contributed by atoms with Gasteiger partial charge in [0.25, 0.3) is 0 Å². The van der Waals surface area contributed by atoms with Gasteiger partial charge < -0.3 is 14.0 Å². The first-order valence-corrected chi connectivity index (χ1v) is 14.9. The Morgan fingerprint density at radius 3 is 2.04 bits per heavy atom. The van der Waals surface area contributed by atoms with Gasteiger partial charge in [-0.05, 0) is 55.0 Å². The number of aromatic nitrogens is 2. The summed E-state index contributed by atoms with van der Waals surface area (Å²) < 4.78 is 8.77. The van der Waals surface area contributed by atoms with Gasteiger partial charge in [-0.15, -0.1) is 10.9 Å². The summed E-state index contributed by atoms with van der Waals surface area (Å²) in [5.74, 6) is 0. The smallest absolute Gasteiger partial charge is 0.142 e. The first kappa shape index (κ1) is 27.4. The van der Waals surface area contributed by atoms with E-state index in [1.807, 2.05) is 19.1 Å². The lowest BCUT2D eigenvalue weighted by molar-refractivity contribution is 0.673. The Bertz CT molecular complexity index is 2770. The summed E-state index contributed by atoms with van der Waals surface area (Å²) in [4.78, 5) is 3.64. The molecule has 0 atom stereocenters. The molecule has 3 aromatic heterocycles. The molecule has 46 heavy (non-hydrogen) atoms. The minimum atomic E-state index is 0.174. The van der Waals surface area contributed by atoms with Crippen LogP contribution in [-0.4, -0.2) is 56.6 Å². The highest BCUT2D eigenvalue weighted by molar-refractivity contribution is 6.68. The second-order valence-electron chi connectivity index (χ2n) is 11.9. The number of hydrogen-bond donors (Lipinski definition) is 1. The zero-order valence-electron chi connectivity index (χ0n) is 24.9. The number of nitrogens with zero attached hydrogens (tertiary/aromatic N) is 1. The SMILES string of the molecule is [B]c1c([B])c([B])c2c(oc3c(-c4ccc5[nH]c6ccc7c(c8ccccc8n7-c7ccccc7)c6c5c4)c([B])c(C)c([B])c32)c1[B]. The Labute approximate surface area is 272 Å². The van der Waals surface area contributed by atoms with Gasteiger partial charge in [0.1, 0.15) is 58.2 Å². The highest BCUT2D eigenvalue weighted by Gasteiger charge is 2.23. The highest BCUT2D eigenvalue weighted by atomic mass is 16.3. The molecule has 0 aliphatic heterocycles. The number of para-hydroxylation sites is 2. The molecule has 0 saturated carbocycles. The fraction of sp³-hybridized carbons (Fsp3) is 0.0270. The Kier molecular flexibility index (Phi) is 5.70. The molecule has 9 heteroatoms. The molecular formula is C37H18B6N2O. The molecular weight excluding hydrogens is 553 g/mol. The maximum absolute atomic E-state index is 6.84. The lowest BCUT2D eigenvalue weighted by Gasteiger charge is -2.16. The molecule has 0 spiro atoms. The standard InChI is InChI=1S/C37H18B6N2O/c1-16-30(38)25(36-28(31(16)39)29-32(40)33(41)34(42)35(43)37(29)46-36)17-11-12-21-20(15-17)26-22(44-21)13-14-24-27(26)19-9-5-6-10-23(19)45(24)18-7-3-2-4-8-18/h2-15,44H,1H3. The van der Waals surface area contributed by atoms with E-state index in [-0.39, 0.29) is 21.9 Å². The molecule has 6 aromatic carbocycles. The number of furan rings is 1. The van der Waals surface area contributed by atoms with E-state index in [0.29, 0.717) is 44.0 Å². The summed E-state index contributed by atoms with van der Waals surface area (Å²) in [5, 5.41) is 5.66. The van der Waals surface area contributed by atoms with Crippen molar-refractivity contribution in [3.8, 4) is 16.8 Å². The van der Waals surface area contributed by atoms with Crippen molar-refractivity contribution in [1.82, 2.24) is 9.55 Å². The summed E-state index contributed by atoms with van der Waals surface area (Å²) in [7, 11) is 38.9. The number of benzene rings is 6. The molecule has 0 amide bonds. The van der Waals surface area contributed by atoms with Crippen LogP contribution in [0.5, 0.6) is 0 Å². The Morgan fingerprint density at radius 1 is 0.543 bits per heavy atom. The van der Waals surface area contributed by atoms with E-state index in [1.165, 1.54) is 10.8 Å². The summed E-state index contributed by atoms with van der Waals surface area (Å²) in [6.45, 7) is 1.89. The molecule has 0 fully saturated rings. The van der Waals surface area contributed by atoms with Crippen LogP contribution in [0.25, 0.3) is 82.4 Å². The molecule has 9 rings (SSSR count). The van der Waals surface area contributed by atoms with Gasteiger partial charge in [0.05, 0.1) is 11.0 Å². The molecule has 9 aromatic rings. The van der Waals surface area contributed by atoms with Crippen LogP contribution in [0.2, 0.25) is 0 Å². The Balaban J connectivity index is 1.41. The van der Waals surface area contributed by atoms with Gasteiger partial charge >= 0.3 is 0 Å². The Morgan fingerprint density at radius 2 is 1.24 bits per heavy atom. The van der Waals surface area contributed by atoms with Gasteiger partial charge in [-0.2, -0.15) is 0 Å². The average Bonchev–Trinajstić information content (AvgIpc) is 3.75. The molecule has 0 aliphatic carbocycles. The third-order valence-electron chi connectivity index (χ3n) is 9.57. The average molecular weight is 571 g/mol. The van der Waals surface area contributed by atoms with Crippen LogP contribution in [0, 0.1) is 6.92 Å². The molecule has 0 unspecified atom stereocenters. The van der Waals surface area contributed by atoms with Crippen molar-refractivity contribution in [2.24, 2.45) is 0 Å². The van der Waals surface area contributed by atoms with Crippen molar-refractivity contribution >= 4 is 145 Å². The van der Waals surface area contributed by atoms with Crippen molar-refractivity contribution in [1.29, 1.82) is 0 Å². The van der Waals surface area contributed by atoms with Gasteiger partial charge in [-0.3, -0.25) is 0 Å². The van der Waals surface area contributed by atoms with E-state index >= 15 is 0 Å². The maximum atomic E-state index is 6.84. The van der Waals surface area contributed by atoms with Gasteiger partial charge in [-0.1, -0.05) is 69.9 Å². The van der Waals surface area contributed by atoms with Crippen LogP contribution in [0.3, 0.4) is 0 Å². The maximum Gasteiger partial charge on any atom is 0.142 e. The summed E-state index contributed by atoms with van der Waals surface area (Å²) in [6, 6.07) is 29.6. The number of aromatic amines is 1. The zero-order valence-corrected chi connectivity index (χ0v) is 24.9. The summed E-state index contributed by atoms with van der Waals surface area (Å²) >= 11 is 0. The van der Waals surface area contributed by atoms with E-state index < -0.39 is 0 Å². The van der Waals surface area contributed by atoms with Crippen molar-refractivity contribution < 1.29 is 4.42 Å². The van der Waals surface area contributed by atoms with Crippen LogP contribution < -0.4 is 32.8 Å². The lowest BCUT2D eigenvalue weighted by Crippen LogP contribution is -2.47. The molecule has 200 valence electrons. The van der Waals surface area contributed by atoms with Crippen LogP contribution >= 0.6 is 0 Å². The molecule has 12 radical (unpaired) electrons. The van der Waals surface area contributed by atoms with Crippen LogP contribution in [0.4, 0.5) is 0 Å². The van der Waals surface area contributed by atoms with E-state index in [4.69, 9.17) is 51.5 Å². The van der Waals surface area contributed by atoms with E-state index in [2.05, 4.69) is 82.3 Å². The second-order valence-corrected chi connectivity index (χ2v) is 11.9. The summed E-state index contributed by atoms with van der Waals surface area (Å²) in [5.41, 5.74) is 10.3. The number of rotatable bonds is 2.